The third kappa shape index (κ3) is 7.38. The van der Waals surface area contributed by atoms with Crippen LogP contribution in [0.25, 0.3) is 5.82 Å². The lowest BCUT2D eigenvalue weighted by Gasteiger charge is -2.46. The number of pyridine rings is 1. The summed E-state index contributed by atoms with van der Waals surface area (Å²) < 4.78 is 29.1. The Labute approximate surface area is 292 Å². The number of nitrogens with zero attached hydrogens (tertiary/aromatic N) is 7. The van der Waals surface area contributed by atoms with Crippen molar-refractivity contribution in [3.8, 4) is 17.4 Å². The number of carbonyl (C=O) groups is 2. The van der Waals surface area contributed by atoms with E-state index in [1.807, 2.05) is 27.7 Å². The Kier molecular flexibility index (Phi) is 8.91. The lowest BCUT2D eigenvalue weighted by atomic mass is 10.0. The van der Waals surface area contributed by atoms with Gasteiger partial charge in [-0.05, 0) is 76.6 Å². The van der Waals surface area contributed by atoms with Gasteiger partial charge in [0.25, 0.3) is 11.5 Å². The topological polar surface area (TPSA) is 154 Å². The van der Waals surface area contributed by atoms with Gasteiger partial charge in [-0.2, -0.15) is 0 Å². The lowest BCUT2D eigenvalue weighted by Crippen LogP contribution is -2.62. The summed E-state index contributed by atoms with van der Waals surface area (Å²) in [6.07, 6.45) is 6.34. The first-order valence-electron chi connectivity index (χ1n) is 17.0. The van der Waals surface area contributed by atoms with Gasteiger partial charge in [-0.3, -0.25) is 19.1 Å². The normalized spacial score (nSPS) is 16.3. The quantitative estimate of drug-likeness (QED) is 0.285. The predicted octanol–water partition coefficient (Wildman–Crippen LogP) is 4.06. The smallest absolute Gasteiger partial charge is 0.410 e. The number of hydrogen-bond donors (Lipinski definition) is 1. The van der Waals surface area contributed by atoms with Crippen molar-refractivity contribution >= 4 is 17.7 Å². The average molecular weight is 699 g/mol. The maximum Gasteiger partial charge on any atom is 0.410 e. The second-order valence-electron chi connectivity index (χ2n) is 14.3. The molecule has 51 heavy (non-hydrogen) atoms. The van der Waals surface area contributed by atoms with Gasteiger partial charge in [-0.1, -0.05) is 6.07 Å². The Morgan fingerprint density at radius 1 is 1.06 bits per heavy atom. The summed E-state index contributed by atoms with van der Waals surface area (Å²) in [7, 11) is 0. The Balaban J connectivity index is 1.04. The van der Waals surface area contributed by atoms with Gasteiger partial charge in [-0.15, -0.1) is 0 Å². The van der Waals surface area contributed by atoms with Crippen molar-refractivity contribution in [2.75, 3.05) is 25.0 Å². The summed E-state index contributed by atoms with van der Waals surface area (Å²) in [6, 6.07) is 7.40. The third-order valence-electron chi connectivity index (χ3n) is 9.11. The molecule has 7 rings (SSSR count). The number of aromatic nitrogens is 5. The molecule has 0 atom stereocenters. The molecule has 3 aliphatic rings. The molecule has 1 saturated heterocycles. The van der Waals surface area contributed by atoms with Crippen LogP contribution in [0.15, 0.2) is 58.6 Å². The molecule has 3 aromatic heterocycles. The van der Waals surface area contributed by atoms with Crippen molar-refractivity contribution in [2.24, 2.45) is 5.92 Å². The number of anilines is 1. The van der Waals surface area contributed by atoms with E-state index in [9.17, 15) is 19.2 Å². The molecule has 2 amide bonds. The average Bonchev–Trinajstić information content (AvgIpc) is 3.87. The standard InChI is InChI=1S/C36H39FN8O6/c1-21-5-10-30(38-14-21)45-33(47)26(18-43(34(45)48)15-22-6-7-22)31(46)41-28-9-8-24(13-27(28)37)50-32-25-11-12-42(19-29(25)39-20-40-32)23-16-44(17-23)35(49)51-36(2,3)4/h5,8-10,13-14,18,20,22-23H,6-7,11-12,15-17,19H2,1-4H3,(H,41,46). The molecule has 0 bridgehead atoms. The molecule has 1 aromatic carbocycles. The van der Waals surface area contributed by atoms with E-state index in [-0.39, 0.29) is 40.9 Å². The van der Waals surface area contributed by atoms with Crippen LogP contribution >= 0.6 is 0 Å². The Hall–Kier alpha value is -5.44. The molecule has 1 N–H and O–H groups in total. The highest BCUT2D eigenvalue weighted by Gasteiger charge is 2.39. The van der Waals surface area contributed by atoms with Crippen molar-refractivity contribution < 1.29 is 23.5 Å². The fourth-order valence-electron chi connectivity index (χ4n) is 6.13. The molecule has 5 heterocycles. The molecule has 266 valence electrons. The molecule has 0 radical (unpaired) electrons. The van der Waals surface area contributed by atoms with E-state index in [0.29, 0.717) is 45.0 Å². The predicted molar refractivity (Wildman–Crippen MR) is 184 cm³/mol. The van der Waals surface area contributed by atoms with Crippen LogP contribution in [0.2, 0.25) is 0 Å². The molecular weight excluding hydrogens is 659 g/mol. The third-order valence-corrected chi connectivity index (χ3v) is 9.11. The number of benzene rings is 1. The molecule has 2 fully saturated rings. The second kappa shape index (κ2) is 13.4. The highest BCUT2D eigenvalue weighted by atomic mass is 19.1. The zero-order chi connectivity index (χ0) is 36.0. The van der Waals surface area contributed by atoms with Gasteiger partial charge >= 0.3 is 11.8 Å². The molecule has 0 spiro atoms. The minimum atomic E-state index is -0.868. The van der Waals surface area contributed by atoms with Crippen LogP contribution < -0.4 is 21.3 Å². The van der Waals surface area contributed by atoms with E-state index in [2.05, 4.69) is 25.2 Å². The Bertz CT molecular complexity index is 2120. The zero-order valence-corrected chi connectivity index (χ0v) is 28.9. The molecule has 1 aliphatic carbocycles. The fourth-order valence-corrected chi connectivity index (χ4v) is 6.13. The summed E-state index contributed by atoms with van der Waals surface area (Å²) >= 11 is 0. The summed E-state index contributed by atoms with van der Waals surface area (Å²) in [6.45, 7) is 10.1. The van der Waals surface area contributed by atoms with Crippen LogP contribution in [0.3, 0.4) is 0 Å². The molecule has 15 heteroatoms. The molecule has 0 unspecified atom stereocenters. The van der Waals surface area contributed by atoms with Gasteiger partial charge < -0.3 is 19.7 Å². The van der Waals surface area contributed by atoms with Gasteiger partial charge in [0.05, 0.1) is 11.4 Å². The Morgan fingerprint density at radius 2 is 1.84 bits per heavy atom. The van der Waals surface area contributed by atoms with Crippen molar-refractivity contribution in [3.05, 3.63) is 98.1 Å². The Morgan fingerprint density at radius 3 is 2.53 bits per heavy atom. The van der Waals surface area contributed by atoms with E-state index in [1.165, 1.54) is 35.4 Å². The van der Waals surface area contributed by atoms with E-state index in [1.54, 1.807) is 17.0 Å². The van der Waals surface area contributed by atoms with Crippen LogP contribution in [0, 0.1) is 18.7 Å². The highest BCUT2D eigenvalue weighted by molar-refractivity contribution is 6.04. The summed E-state index contributed by atoms with van der Waals surface area (Å²) in [4.78, 5) is 69.5. The van der Waals surface area contributed by atoms with E-state index in [4.69, 9.17) is 9.47 Å². The van der Waals surface area contributed by atoms with Crippen molar-refractivity contribution in [2.45, 2.75) is 71.7 Å². The van der Waals surface area contributed by atoms with Crippen molar-refractivity contribution in [3.63, 3.8) is 0 Å². The van der Waals surface area contributed by atoms with Crippen LogP contribution in [-0.2, 0) is 24.2 Å². The van der Waals surface area contributed by atoms with E-state index in [0.717, 1.165) is 40.3 Å². The first kappa shape index (κ1) is 34.0. The van der Waals surface area contributed by atoms with Gasteiger partial charge in [0.2, 0.25) is 5.88 Å². The molecule has 1 saturated carbocycles. The number of likely N-dealkylation sites (tertiary alicyclic amines) is 1. The largest absolute Gasteiger partial charge is 0.444 e. The number of nitrogens with one attached hydrogen (secondary N) is 1. The number of halogens is 1. The second-order valence-corrected chi connectivity index (χ2v) is 14.3. The number of fused-ring (bicyclic) bond motifs is 1. The number of ether oxygens (including phenoxy) is 2. The summed E-state index contributed by atoms with van der Waals surface area (Å²) in [5.41, 5.74) is -0.0484. The van der Waals surface area contributed by atoms with E-state index < -0.39 is 28.6 Å². The monoisotopic (exact) mass is 698 g/mol. The fraction of sp³-hybridized carbons (Fsp3) is 0.417. The van der Waals surface area contributed by atoms with Gasteiger partial charge in [0.1, 0.15) is 34.9 Å². The van der Waals surface area contributed by atoms with Gasteiger partial charge in [0.15, 0.2) is 0 Å². The number of carbonyl (C=O) groups excluding carboxylic acids is 2. The maximum atomic E-state index is 15.4. The molecule has 14 nitrogen and oxygen atoms in total. The van der Waals surface area contributed by atoms with Crippen LogP contribution in [0.5, 0.6) is 11.6 Å². The molecule has 2 aliphatic heterocycles. The number of hydrogen-bond acceptors (Lipinski definition) is 10. The van der Waals surface area contributed by atoms with Crippen LogP contribution in [-0.4, -0.2) is 77.2 Å². The SMILES string of the molecule is Cc1ccc(-n2c(=O)c(C(=O)Nc3ccc(Oc4ncnc5c4CCN(C4CN(C(=O)OC(C)(C)C)C4)C5)cc3F)cn(CC3CC3)c2=O)nc1. The number of amides is 2. The van der Waals surface area contributed by atoms with Gasteiger partial charge in [-0.25, -0.2) is 33.5 Å². The maximum absolute atomic E-state index is 15.4. The number of aryl methyl sites for hydroxylation is 1. The minimum absolute atomic E-state index is 0.0926. The lowest BCUT2D eigenvalue weighted by molar-refractivity contribution is -0.0183. The number of rotatable bonds is 8. The first-order valence-corrected chi connectivity index (χ1v) is 17.0. The highest BCUT2D eigenvalue weighted by Crippen LogP contribution is 2.32. The van der Waals surface area contributed by atoms with Crippen LogP contribution in [0.4, 0.5) is 14.9 Å². The summed E-state index contributed by atoms with van der Waals surface area (Å²) in [5.74, 6) is -0.821. The minimum Gasteiger partial charge on any atom is -0.444 e. The van der Waals surface area contributed by atoms with Crippen molar-refractivity contribution in [1.29, 1.82) is 0 Å². The first-order chi connectivity index (χ1) is 24.3. The zero-order valence-electron chi connectivity index (χ0n) is 28.9. The van der Waals surface area contributed by atoms with Gasteiger partial charge in [0, 0.05) is 62.8 Å². The molecule has 4 aromatic rings. The summed E-state index contributed by atoms with van der Waals surface area (Å²) in [5, 5.41) is 2.48. The van der Waals surface area contributed by atoms with E-state index >= 15 is 4.39 Å². The van der Waals surface area contributed by atoms with Crippen LogP contribution in [0.1, 0.15) is 60.8 Å². The van der Waals surface area contributed by atoms with Crippen molar-refractivity contribution in [1.82, 2.24) is 33.9 Å². The molecular formula is C36H39FN8O6.